The Bertz CT molecular complexity index is 278. The summed E-state index contributed by atoms with van der Waals surface area (Å²) in [5.74, 6) is -0.505. The molecule has 3 nitrogen and oxygen atoms in total. The molecule has 1 aromatic heterocycles. The highest BCUT2D eigenvalue weighted by Gasteiger charge is 2.15. The van der Waals surface area contributed by atoms with Gasteiger partial charge < -0.3 is 10.8 Å². The Hall–Kier alpha value is -1.23. The van der Waals surface area contributed by atoms with Crippen molar-refractivity contribution in [3.05, 3.63) is 23.5 Å². The van der Waals surface area contributed by atoms with Crippen molar-refractivity contribution in [2.45, 2.75) is 13.0 Å². The first-order valence-corrected chi connectivity index (χ1v) is 3.31. The normalized spacial score (nSPS) is 10.7. The monoisotopic (exact) mass is 174 g/mol. The topological polar surface area (TPSA) is 59.1 Å². The third-order valence-corrected chi connectivity index (χ3v) is 1.46. The van der Waals surface area contributed by atoms with Gasteiger partial charge in [0, 0.05) is 18.3 Å². The summed E-state index contributed by atoms with van der Waals surface area (Å²) in [6.07, 6.45) is -1.57. The summed E-state index contributed by atoms with van der Waals surface area (Å²) in [5.41, 5.74) is 4.85. The van der Waals surface area contributed by atoms with Gasteiger partial charge in [-0.2, -0.15) is 0 Å². The fourth-order valence-electron chi connectivity index (χ4n) is 0.837. The predicted octanol–water partition coefficient (Wildman–Crippen LogP) is 1.18. The molecule has 0 fully saturated rings. The summed E-state index contributed by atoms with van der Waals surface area (Å²) >= 11 is 0. The molecule has 1 rings (SSSR count). The number of aromatic hydroxyl groups is 1. The lowest BCUT2D eigenvalue weighted by molar-refractivity contribution is 0.141. The van der Waals surface area contributed by atoms with Gasteiger partial charge in [-0.3, -0.25) is 4.98 Å². The first-order valence-electron chi connectivity index (χ1n) is 3.31. The van der Waals surface area contributed by atoms with Crippen LogP contribution in [-0.2, 0) is 6.54 Å². The smallest absolute Gasteiger partial charge is 0.284 e. The molecule has 1 aromatic rings. The van der Waals surface area contributed by atoms with E-state index in [1.807, 2.05) is 0 Å². The zero-order chi connectivity index (χ0) is 9.14. The van der Waals surface area contributed by atoms with Gasteiger partial charge in [0.25, 0.3) is 6.43 Å². The average Bonchev–Trinajstić information content (AvgIpc) is 2.04. The van der Waals surface area contributed by atoms with Gasteiger partial charge in [0.1, 0.15) is 11.4 Å². The van der Waals surface area contributed by atoms with Crippen molar-refractivity contribution in [1.82, 2.24) is 4.98 Å². The van der Waals surface area contributed by atoms with Crippen LogP contribution in [0.15, 0.2) is 12.3 Å². The van der Waals surface area contributed by atoms with Gasteiger partial charge in [0.2, 0.25) is 0 Å². The van der Waals surface area contributed by atoms with Gasteiger partial charge in [-0.1, -0.05) is 0 Å². The molecular formula is C7H8F2N2O. The molecule has 0 radical (unpaired) electrons. The molecule has 0 amide bonds. The minimum Gasteiger partial charge on any atom is -0.505 e. The van der Waals surface area contributed by atoms with E-state index >= 15 is 0 Å². The van der Waals surface area contributed by atoms with Crippen molar-refractivity contribution in [1.29, 1.82) is 0 Å². The summed E-state index contributed by atoms with van der Waals surface area (Å²) < 4.78 is 24.2. The van der Waals surface area contributed by atoms with Crippen LogP contribution in [0.25, 0.3) is 0 Å². The highest BCUT2D eigenvalue weighted by Crippen LogP contribution is 2.28. The fourth-order valence-corrected chi connectivity index (χ4v) is 0.837. The summed E-state index contributed by atoms with van der Waals surface area (Å²) in [5, 5.41) is 9.14. The van der Waals surface area contributed by atoms with Crippen molar-refractivity contribution in [2.75, 3.05) is 0 Å². The van der Waals surface area contributed by atoms with E-state index in [1.165, 1.54) is 12.3 Å². The van der Waals surface area contributed by atoms with Crippen LogP contribution in [0, 0.1) is 0 Å². The van der Waals surface area contributed by atoms with E-state index in [9.17, 15) is 8.78 Å². The van der Waals surface area contributed by atoms with E-state index < -0.39 is 17.9 Å². The van der Waals surface area contributed by atoms with E-state index in [4.69, 9.17) is 10.8 Å². The second kappa shape index (κ2) is 3.44. The fraction of sp³-hybridized carbons (Fsp3) is 0.286. The van der Waals surface area contributed by atoms with E-state index in [0.717, 1.165) is 0 Å². The number of alkyl halides is 2. The van der Waals surface area contributed by atoms with Gasteiger partial charge in [0.05, 0.1) is 0 Å². The molecule has 0 saturated heterocycles. The molecule has 0 bridgehead atoms. The van der Waals surface area contributed by atoms with E-state index in [2.05, 4.69) is 4.98 Å². The maximum atomic E-state index is 12.1. The lowest BCUT2D eigenvalue weighted by Crippen LogP contribution is -2.00. The Balaban J connectivity index is 3.14. The Kier molecular flexibility index (Phi) is 2.54. The van der Waals surface area contributed by atoms with E-state index in [-0.39, 0.29) is 12.1 Å². The summed E-state index contributed by atoms with van der Waals surface area (Å²) in [6, 6.07) is 1.40. The first-order chi connectivity index (χ1) is 5.66. The van der Waals surface area contributed by atoms with Crippen molar-refractivity contribution in [3.63, 3.8) is 0 Å². The Morgan fingerprint density at radius 1 is 1.58 bits per heavy atom. The number of nitrogens with zero attached hydrogens (tertiary/aromatic N) is 1. The average molecular weight is 174 g/mol. The maximum absolute atomic E-state index is 12.1. The highest BCUT2D eigenvalue weighted by molar-refractivity contribution is 5.35. The second-order valence-electron chi connectivity index (χ2n) is 2.21. The van der Waals surface area contributed by atoms with Gasteiger partial charge in [-0.15, -0.1) is 0 Å². The quantitative estimate of drug-likeness (QED) is 0.707. The minimum absolute atomic E-state index is 0.0219. The van der Waals surface area contributed by atoms with Crippen LogP contribution < -0.4 is 5.73 Å². The van der Waals surface area contributed by atoms with Gasteiger partial charge >= 0.3 is 0 Å². The number of rotatable bonds is 2. The summed E-state index contributed by atoms with van der Waals surface area (Å²) in [4.78, 5) is 3.33. The maximum Gasteiger partial charge on any atom is 0.284 e. The molecule has 0 unspecified atom stereocenters. The molecule has 0 atom stereocenters. The molecule has 0 aromatic carbocycles. The molecular weight excluding hydrogens is 166 g/mol. The van der Waals surface area contributed by atoms with Crippen molar-refractivity contribution < 1.29 is 13.9 Å². The number of aromatic nitrogens is 1. The van der Waals surface area contributed by atoms with Crippen molar-refractivity contribution in [2.24, 2.45) is 5.73 Å². The highest BCUT2D eigenvalue weighted by atomic mass is 19.3. The van der Waals surface area contributed by atoms with Crippen molar-refractivity contribution >= 4 is 0 Å². The Morgan fingerprint density at radius 2 is 2.25 bits per heavy atom. The van der Waals surface area contributed by atoms with Crippen molar-refractivity contribution in [3.8, 4) is 5.75 Å². The molecule has 3 N–H and O–H groups in total. The van der Waals surface area contributed by atoms with Gasteiger partial charge in [0.15, 0.2) is 0 Å². The molecule has 12 heavy (non-hydrogen) atoms. The second-order valence-corrected chi connectivity index (χ2v) is 2.21. The van der Waals surface area contributed by atoms with E-state index in [0.29, 0.717) is 0 Å². The SMILES string of the molecule is NCc1ccnc(C(F)F)c1O. The third kappa shape index (κ3) is 1.50. The van der Waals surface area contributed by atoms with Crippen LogP contribution in [0.2, 0.25) is 0 Å². The lowest BCUT2D eigenvalue weighted by Gasteiger charge is -2.05. The molecule has 0 aliphatic carbocycles. The lowest BCUT2D eigenvalue weighted by atomic mass is 10.2. The Labute approximate surface area is 67.8 Å². The summed E-state index contributed by atoms with van der Waals surface area (Å²) in [7, 11) is 0. The number of nitrogens with two attached hydrogens (primary N) is 1. The van der Waals surface area contributed by atoms with Crippen LogP contribution in [0.3, 0.4) is 0 Å². The molecule has 0 saturated carbocycles. The summed E-state index contributed by atoms with van der Waals surface area (Å²) in [6.45, 7) is 0.0219. The molecule has 0 aliphatic rings. The largest absolute Gasteiger partial charge is 0.505 e. The number of halogens is 2. The molecule has 0 aliphatic heterocycles. The molecule has 66 valence electrons. The minimum atomic E-state index is -2.77. The third-order valence-electron chi connectivity index (χ3n) is 1.46. The zero-order valence-electron chi connectivity index (χ0n) is 6.17. The molecule has 1 heterocycles. The van der Waals surface area contributed by atoms with Gasteiger partial charge in [-0.25, -0.2) is 8.78 Å². The van der Waals surface area contributed by atoms with Crippen LogP contribution in [0.1, 0.15) is 17.7 Å². The first kappa shape index (κ1) is 8.86. The molecule has 0 spiro atoms. The number of hydrogen-bond donors (Lipinski definition) is 2. The van der Waals surface area contributed by atoms with Crippen LogP contribution in [0.4, 0.5) is 8.78 Å². The van der Waals surface area contributed by atoms with Crippen LogP contribution >= 0.6 is 0 Å². The van der Waals surface area contributed by atoms with E-state index in [1.54, 1.807) is 0 Å². The predicted molar refractivity (Wildman–Crippen MR) is 38.8 cm³/mol. The van der Waals surface area contributed by atoms with Crippen LogP contribution in [0.5, 0.6) is 5.75 Å². The Morgan fingerprint density at radius 3 is 2.75 bits per heavy atom. The van der Waals surface area contributed by atoms with Crippen LogP contribution in [-0.4, -0.2) is 10.1 Å². The number of pyridine rings is 1. The standard InChI is InChI=1S/C7H8F2N2O/c8-7(9)5-6(12)4(3-10)1-2-11-5/h1-2,7,12H,3,10H2. The number of hydrogen-bond acceptors (Lipinski definition) is 3. The zero-order valence-corrected chi connectivity index (χ0v) is 6.17. The van der Waals surface area contributed by atoms with Gasteiger partial charge in [-0.05, 0) is 6.07 Å². The molecule has 5 heteroatoms.